The second-order valence-corrected chi connectivity index (χ2v) is 11.2. The molecule has 0 heterocycles. The van der Waals surface area contributed by atoms with Crippen molar-refractivity contribution in [2.75, 3.05) is 7.11 Å². The Kier molecular flexibility index (Phi) is 2.87. The van der Waals surface area contributed by atoms with E-state index in [-0.39, 0.29) is 25.4 Å². The van der Waals surface area contributed by atoms with Crippen LogP contribution in [0.3, 0.4) is 0 Å². The highest BCUT2D eigenvalue weighted by Crippen LogP contribution is 2.86. The number of rotatable bonds is 1. The highest BCUT2D eigenvalue weighted by Gasteiger charge is 2.85. The fraction of sp³-hybridized carbons (Fsp3) is 0.933. The molecule has 2 nitrogen and oxygen atoms in total. The molecular weight excluding hydrogens is 372 g/mol. The number of carbonyl (C=O) groups excluding carboxylic acids is 1. The number of methoxy groups -OCH3 is 1. The Balaban J connectivity index is 2.08. The molecule has 4 heteroatoms. The van der Waals surface area contributed by atoms with Crippen LogP contribution in [0.2, 0.25) is 0 Å². The van der Waals surface area contributed by atoms with Crippen LogP contribution in [0.1, 0.15) is 46.5 Å². The molecule has 3 aliphatic carbocycles. The highest BCUT2D eigenvalue weighted by molar-refractivity contribution is 9.25. The summed E-state index contributed by atoms with van der Waals surface area (Å²) in [7, 11) is 1.54. The molecule has 0 saturated heterocycles. The number of esters is 1. The zero-order valence-electron chi connectivity index (χ0n) is 12.1. The first-order valence-corrected chi connectivity index (χ1v) is 8.68. The Labute approximate surface area is 132 Å². The van der Waals surface area contributed by atoms with E-state index >= 15 is 0 Å². The van der Waals surface area contributed by atoms with Gasteiger partial charge in [0.25, 0.3) is 0 Å². The third kappa shape index (κ3) is 1.51. The van der Waals surface area contributed by atoms with Gasteiger partial charge in [0.15, 0.2) is 0 Å². The molecule has 4 atom stereocenters. The Morgan fingerprint density at radius 1 is 1.16 bits per heavy atom. The van der Waals surface area contributed by atoms with Crippen molar-refractivity contribution in [2.45, 2.75) is 49.7 Å². The van der Waals surface area contributed by atoms with E-state index in [2.05, 4.69) is 52.6 Å². The van der Waals surface area contributed by atoms with E-state index in [0.717, 1.165) is 19.3 Å². The highest BCUT2D eigenvalue weighted by atomic mass is 79.9. The monoisotopic (exact) mass is 392 g/mol. The van der Waals surface area contributed by atoms with Crippen molar-refractivity contribution < 1.29 is 9.53 Å². The summed E-state index contributed by atoms with van der Waals surface area (Å²) < 4.78 is 5.22. The summed E-state index contributed by atoms with van der Waals surface area (Å²) in [5, 5.41) is 0. The van der Waals surface area contributed by atoms with E-state index in [1.807, 2.05) is 0 Å². The molecular formula is C15H22Br2O2. The molecule has 108 valence electrons. The van der Waals surface area contributed by atoms with Gasteiger partial charge in [0.1, 0.15) is 0 Å². The Bertz CT molecular complexity index is 445. The molecule has 3 saturated carbocycles. The minimum atomic E-state index is -0.249. The molecule has 0 bridgehead atoms. The number of fused-ring (bicyclic) bond motifs is 3. The third-order valence-electron chi connectivity index (χ3n) is 6.24. The van der Waals surface area contributed by atoms with Crippen LogP contribution in [-0.2, 0) is 9.53 Å². The normalized spacial score (nSPS) is 49.2. The van der Waals surface area contributed by atoms with Gasteiger partial charge in [0, 0.05) is 0 Å². The van der Waals surface area contributed by atoms with E-state index < -0.39 is 0 Å². The predicted molar refractivity (Wildman–Crippen MR) is 82.4 cm³/mol. The minimum Gasteiger partial charge on any atom is -0.469 e. The molecule has 0 N–H and O–H groups in total. The smallest absolute Gasteiger partial charge is 0.312 e. The van der Waals surface area contributed by atoms with Crippen LogP contribution < -0.4 is 0 Å². The van der Waals surface area contributed by atoms with Crippen molar-refractivity contribution in [1.82, 2.24) is 0 Å². The van der Waals surface area contributed by atoms with Crippen LogP contribution in [0.15, 0.2) is 0 Å². The first-order valence-electron chi connectivity index (χ1n) is 7.10. The number of halogens is 2. The van der Waals surface area contributed by atoms with Crippen LogP contribution in [0.25, 0.3) is 0 Å². The quantitative estimate of drug-likeness (QED) is 0.484. The van der Waals surface area contributed by atoms with Gasteiger partial charge in [-0.15, -0.1) is 0 Å². The standard InChI is InChI=1S/C15H22Br2O2/c1-12(2)6-5-7-14(11(18)19-4)8-13(3)10(9(12)14)15(13,16)17/h9-10H,5-8H2,1-4H3/t9-,10+,13-,14+/m0/s1. The summed E-state index contributed by atoms with van der Waals surface area (Å²) in [6.07, 6.45) is 4.29. The number of ether oxygens (including phenoxy) is 1. The molecule has 0 aromatic heterocycles. The van der Waals surface area contributed by atoms with Crippen molar-refractivity contribution >= 4 is 37.8 Å². The average Bonchev–Trinajstić information content (AvgIpc) is 2.62. The lowest BCUT2D eigenvalue weighted by molar-refractivity contribution is -0.164. The Morgan fingerprint density at radius 3 is 2.37 bits per heavy atom. The first kappa shape index (κ1) is 14.4. The average molecular weight is 394 g/mol. The molecule has 0 spiro atoms. The number of alkyl halides is 2. The maximum absolute atomic E-state index is 12.5. The van der Waals surface area contributed by atoms with Gasteiger partial charge in [-0.3, -0.25) is 4.79 Å². The first-order chi connectivity index (χ1) is 8.63. The summed E-state index contributed by atoms with van der Waals surface area (Å²) in [6, 6.07) is 0. The van der Waals surface area contributed by atoms with Crippen LogP contribution in [-0.4, -0.2) is 16.3 Å². The summed E-state index contributed by atoms with van der Waals surface area (Å²) >= 11 is 7.72. The molecule has 0 radical (unpaired) electrons. The van der Waals surface area contributed by atoms with Gasteiger partial charge in [-0.2, -0.15) is 0 Å². The lowest BCUT2D eigenvalue weighted by Gasteiger charge is -2.49. The van der Waals surface area contributed by atoms with Crippen molar-refractivity contribution in [3.63, 3.8) is 0 Å². The molecule has 3 fully saturated rings. The second kappa shape index (κ2) is 3.79. The maximum Gasteiger partial charge on any atom is 0.312 e. The van der Waals surface area contributed by atoms with Crippen molar-refractivity contribution in [3.8, 4) is 0 Å². The van der Waals surface area contributed by atoms with Gasteiger partial charge < -0.3 is 4.74 Å². The molecule has 0 amide bonds. The van der Waals surface area contributed by atoms with Gasteiger partial charge >= 0.3 is 5.97 Å². The van der Waals surface area contributed by atoms with Crippen molar-refractivity contribution in [3.05, 3.63) is 0 Å². The van der Waals surface area contributed by atoms with E-state index in [4.69, 9.17) is 4.74 Å². The summed E-state index contributed by atoms with van der Waals surface area (Å²) in [5.41, 5.74) is 0.132. The Hall–Kier alpha value is 0.430. The fourth-order valence-corrected chi connectivity index (χ4v) is 7.55. The van der Waals surface area contributed by atoms with Crippen molar-refractivity contribution in [2.24, 2.45) is 28.1 Å². The van der Waals surface area contributed by atoms with Gasteiger partial charge in [-0.1, -0.05) is 59.1 Å². The lowest BCUT2D eigenvalue weighted by atomic mass is 9.55. The summed E-state index contributed by atoms with van der Waals surface area (Å²) in [4.78, 5) is 12.5. The number of carbonyl (C=O) groups is 1. The maximum atomic E-state index is 12.5. The predicted octanol–water partition coefficient (Wildman–Crippen LogP) is 4.50. The van der Waals surface area contributed by atoms with Crippen LogP contribution in [0, 0.1) is 28.1 Å². The molecule has 3 rings (SSSR count). The summed E-state index contributed by atoms with van der Waals surface area (Å²) in [5.74, 6) is 0.953. The number of hydrogen-bond acceptors (Lipinski definition) is 2. The summed E-state index contributed by atoms with van der Waals surface area (Å²) in [6.45, 7) is 6.96. The number of hydrogen-bond donors (Lipinski definition) is 0. The second-order valence-electron chi connectivity index (χ2n) is 7.66. The Morgan fingerprint density at radius 2 is 1.79 bits per heavy atom. The van der Waals surface area contributed by atoms with Crippen molar-refractivity contribution in [1.29, 1.82) is 0 Å². The SMILES string of the molecule is COC(=O)[C@@]12CCCC(C)(C)[C@@H]1[C@H]1C(Br)(Br)[C@@]1(C)C2. The molecule has 0 aromatic carbocycles. The zero-order valence-corrected chi connectivity index (χ0v) is 15.2. The zero-order chi connectivity index (χ0) is 14.3. The van der Waals surface area contributed by atoms with Crippen LogP contribution in [0.5, 0.6) is 0 Å². The topological polar surface area (TPSA) is 26.3 Å². The third-order valence-corrected chi connectivity index (χ3v) is 9.04. The van der Waals surface area contributed by atoms with Crippen LogP contribution in [0.4, 0.5) is 0 Å². The van der Waals surface area contributed by atoms with E-state index in [0.29, 0.717) is 11.8 Å². The fourth-order valence-electron chi connectivity index (χ4n) is 5.47. The largest absolute Gasteiger partial charge is 0.469 e. The lowest BCUT2D eigenvalue weighted by Crippen LogP contribution is -2.49. The molecule has 3 aliphatic rings. The van der Waals surface area contributed by atoms with E-state index in [1.165, 1.54) is 13.5 Å². The molecule has 0 aromatic rings. The van der Waals surface area contributed by atoms with Gasteiger partial charge in [0.05, 0.1) is 15.8 Å². The molecule has 0 aliphatic heterocycles. The van der Waals surface area contributed by atoms with E-state index in [9.17, 15) is 4.79 Å². The minimum absolute atomic E-state index is 0.0177. The van der Waals surface area contributed by atoms with Gasteiger partial charge in [-0.05, 0) is 41.9 Å². The van der Waals surface area contributed by atoms with Crippen LogP contribution >= 0.6 is 31.9 Å². The molecule has 0 unspecified atom stereocenters. The van der Waals surface area contributed by atoms with E-state index in [1.54, 1.807) is 0 Å². The molecule has 19 heavy (non-hydrogen) atoms. The van der Waals surface area contributed by atoms with Gasteiger partial charge in [0.2, 0.25) is 0 Å². The van der Waals surface area contributed by atoms with Gasteiger partial charge in [-0.25, -0.2) is 0 Å².